The van der Waals surface area contributed by atoms with E-state index in [4.69, 9.17) is 0 Å². The lowest BCUT2D eigenvalue weighted by Gasteiger charge is -2.20. The Bertz CT molecular complexity index is 881. The smallest absolute Gasteiger partial charge is 0.237 e. The number of rotatable bonds is 8. The fourth-order valence-electron chi connectivity index (χ4n) is 2.55. The molecule has 0 radical (unpaired) electrons. The van der Waals surface area contributed by atoms with Crippen molar-refractivity contribution in [3.8, 4) is 0 Å². The van der Waals surface area contributed by atoms with E-state index in [2.05, 4.69) is 10.0 Å². The van der Waals surface area contributed by atoms with Crippen LogP contribution < -0.4 is 10.0 Å². The van der Waals surface area contributed by atoms with E-state index in [1.54, 1.807) is 30.0 Å². The van der Waals surface area contributed by atoms with Gasteiger partial charge >= 0.3 is 0 Å². The summed E-state index contributed by atoms with van der Waals surface area (Å²) in [5.41, 5.74) is 3.00. The number of carbonyl (C=O) groups is 1. The lowest BCUT2D eigenvalue weighted by molar-refractivity contribution is -0.116. The number of nitrogens with one attached hydrogen (secondary N) is 2. The number of carbonyl (C=O) groups excluding carboxylic acids is 1. The second-order valence-electron chi connectivity index (χ2n) is 6.85. The molecule has 146 valence electrons. The maximum Gasteiger partial charge on any atom is 0.237 e. The molecule has 2 aromatic carbocycles. The molecule has 0 aliphatic heterocycles. The maximum absolute atomic E-state index is 12.8. The molecule has 7 heteroatoms. The first-order valence-corrected chi connectivity index (χ1v) is 11.6. The average Bonchev–Trinajstić information content (AvgIpc) is 2.57. The van der Waals surface area contributed by atoms with Gasteiger partial charge in [-0.25, -0.2) is 8.42 Å². The Labute approximate surface area is 166 Å². The summed E-state index contributed by atoms with van der Waals surface area (Å²) in [4.78, 5) is 12.8. The fourth-order valence-corrected chi connectivity index (χ4v) is 4.33. The minimum atomic E-state index is -3.38. The second-order valence-corrected chi connectivity index (χ2v) is 9.73. The van der Waals surface area contributed by atoms with Crippen molar-refractivity contribution in [2.24, 2.45) is 5.92 Å². The van der Waals surface area contributed by atoms with Crippen LogP contribution in [0.3, 0.4) is 0 Å². The van der Waals surface area contributed by atoms with Crippen LogP contribution in [0.4, 0.5) is 11.4 Å². The van der Waals surface area contributed by atoms with Crippen molar-refractivity contribution in [2.75, 3.05) is 16.3 Å². The molecule has 27 heavy (non-hydrogen) atoms. The van der Waals surface area contributed by atoms with Gasteiger partial charge in [0.1, 0.15) is 0 Å². The molecule has 0 aliphatic carbocycles. The molecule has 0 heterocycles. The number of anilines is 2. The first kappa shape index (κ1) is 21.3. The molecule has 1 unspecified atom stereocenters. The van der Waals surface area contributed by atoms with E-state index in [-0.39, 0.29) is 17.1 Å². The van der Waals surface area contributed by atoms with Crippen molar-refractivity contribution in [1.82, 2.24) is 0 Å². The van der Waals surface area contributed by atoms with Crippen LogP contribution in [0.1, 0.15) is 25.0 Å². The molecule has 5 nitrogen and oxygen atoms in total. The standard InChI is InChI=1S/C20H26N2O3S2/c1-14(2)19(26-13-16-8-6-5-7-9-16)20(23)21-17-11-10-15(3)18(12-17)22-27(4,24)25/h5-12,14,19,22H,13H2,1-4H3,(H,21,23). The van der Waals surface area contributed by atoms with Crippen LogP contribution >= 0.6 is 11.8 Å². The summed E-state index contributed by atoms with van der Waals surface area (Å²) < 4.78 is 25.5. The van der Waals surface area contributed by atoms with E-state index in [1.807, 2.05) is 51.1 Å². The van der Waals surface area contributed by atoms with E-state index in [9.17, 15) is 13.2 Å². The van der Waals surface area contributed by atoms with Gasteiger partial charge in [0.05, 0.1) is 17.2 Å². The summed E-state index contributed by atoms with van der Waals surface area (Å²) in [6.45, 7) is 5.85. The van der Waals surface area contributed by atoms with E-state index < -0.39 is 10.0 Å². The Morgan fingerprint density at radius 2 is 1.78 bits per heavy atom. The fraction of sp³-hybridized carbons (Fsp3) is 0.350. The van der Waals surface area contributed by atoms with E-state index in [1.165, 1.54) is 5.56 Å². The van der Waals surface area contributed by atoms with Crippen LogP contribution in [0.15, 0.2) is 48.5 Å². The second kappa shape index (κ2) is 9.28. The quantitative estimate of drug-likeness (QED) is 0.687. The predicted octanol–water partition coefficient (Wildman–Crippen LogP) is 4.26. The summed E-state index contributed by atoms with van der Waals surface area (Å²) >= 11 is 1.60. The highest BCUT2D eigenvalue weighted by molar-refractivity contribution is 7.99. The minimum absolute atomic E-state index is 0.0833. The molecule has 2 aromatic rings. The number of sulfonamides is 1. The number of hydrogen-bond acceptors (Lipinski definition) is 4. The van der Waals surface area contributed by atoms with Crippen molar-refractivity contribution in [1.29, 1.82) is 0 Å². The van der Waals surface area contributed by atoms with Gasteiger partial charge in [-0.2, -0.15) is 0 Å². The largest absolute Gasteiger partial charge is 0.325 e. The zero-order valence-electron chi connectivity index (χ0n) is 16.0. The van der Waals surface area contributed by atoms with Crippen LogP contribution in [0, 0.1) is 12.8 Å². The number of benzene rings is 2. The van der Waals surface area contributed by atoms with Crippen LogP contribution in [0.5, 0.6) is 0 Å². The average molecular weight is 407 g/mol. The Kier molecular flexibility index (Phi) is 7.33. The van der Waals surface area contributed by atoms with E-state index in [0.29, 0.717) is 11.4 Å². The summed E-state index contributed by atoms with van der Waals surface area (Å²) in [6.07, 6.45) is 1.10. The van der Waals surface area contributed by atoms with Gasteiger partial charge < -0.3 is 5.32 Å². The Hall–Kier alpha value is -1.99. The first-order valence-electron chi connectivity index (χ1n) is 8.70. The molecule has 1 atom stereocenters. The number of hydrogen-bond donors (Lipinski definition) is 2. The summed E-state index contributed by atoms with van der Waals surface area (Å²) in [5, 5.41) is 2.71. The third-order valence-corrected chi connectivity index (χ3v) is 6.14. The lowest BCUT2D eigenvalue weighted by atomic mass is 10.1. The van der Waals surface area contributed by atoms with E-state index >= 15 is 0 Å². The Morgan fingerprint density at radius 3 is 2.37 bits per heavy atom. The predicted molar refractivity (Wildman–Crippen MR) is 115 cm³/mol. The molecule has 0 bridgehead atoms. The van der Waals surface area contributed by atoms with Gasteiger partial charge in [0.2, 0.25) is 15.9 Å². The molecule has 0 saturated carbocycles. The van der Waals surface area contributed by atoms with E-state index in [0.717, 1.165) is 17.6 Å². The van der Waals surface area contributed by atoms with Gasteiger partial charge in [0.25, 0.3) is 0 Å². The lowest BCUT2D eigenvalue weighted by Crippen LogP contribution is -2.29. The number of thioether (sulfide) groups is 1. The summed E-state index contributed by atoms with van der Waals surface area (Å²) in [5.74, 6) is 0.837. The third kappa shape index (κ3) is 6.92. The normalized spacial score (nSPS) is 12.6. The third-order valence-electron chi connectivity index (χ3n) is 3.94. The van der Waals surface area contributed by atoms with Crippen molar-refractivity contribution in [3.05, 3.63) is 59.7 Å². The molecule has 0 aliphatic rings. The molecule has 1 amide bonds. The van der Waals surface area contributed by atoms with Crippen LogP contribution in [-0.2, 0) is 20.6 Å². The van der Waals surface area contributed by atoms with Gasteiger partial charge in [-0.05, 0) is 36.1 Å². The van der Waals surface area contributed by atoms with Gasteiger partial charge in [-0.15, -0.1) is 11.8 Å². The molecule has 0 fully saturated rings. The number of aryl methyl sites for hydroxylation is 1. The Balaban J connectivity index is 2.09. The zero-order chi connectivity index (χ0) is 20.0. The van der Waals surface area contributed by atoms with Crippen LogP contribution in [0.2, 0.25) is 0 Å². The van der Waals surface area contributed by atoms with Crippen molar-refractivity contribution in [3.63, 3.8) is 0 Å². The molecule has 2 N–H and O–H groups in total. The molecule has 0 spiro atoms. The van der Waals surface area contributed by atoms with Crippen molar-refractivity contribution in [2.45, 2.75) is 31.8 Å². The minimum Gasteiger partial charge on any atom is -0.325 e. The Morgan fingerprint density at radius 1 is 1.11 bits per heavy atom. The van der Waals surface area contributed by atoms with Crippen LogP contribution in [0.25, 0.3) is 0 Å². The molecule has 2 rings (SSSR count). The van der Waals surface area contributed by atoms with Crippen LogP contribution in [-0.4, -0.2) is 25.8 Å². The molecular formula is C20H26N2O3S2. The topological polar surface area (TPSA) is 75.3 Å². The van der Waals surface area contributed by atoms with Crippen molar-refractivity contribution >= 4 is 39.1 Å². The van der Waals surface area contributed by atoms with Crippen molar-refractivity contribution < 1.29 is 13.2 Å². The zero-order valence-corrected chi connectivity index (χ0v) is 17.7. The highest BCUT2D eigenvalue weighted by Gasteiger charge is 2.23. The SMILES string of the molecule is Cc1ccc(NC(=O)C(SCc2ccccc2)C(C)C)cc1NS(C)(=O)=O. The highest BCUT2D eigenvalue weighted by atomic mass is 32.2. The molecule has 0 saturated heterocycles. The highest BCUT2D eigenvalue weighted by Crippen LogP contribution is 2.27. The van der Waals surface area contributed by atoms with Gasteiger partial charge in [-0.3, -0.25) is 9.52 Å². The maximum atomic E-state index is 12.8. The number of amides is 1. The van der Waals surface area contributed by atoms with Gasteiger partial charge in [-0.1, -0.05) is 50.2 Å². The summed E-state index contributed by atoms with van der Waals surface area (Å²) in [6, 6.07) is 15.3. The van der Waals surface area contributed by atoms with Gasteiger partial charge in [0.15, 0.2) is 0 Å². The monoisotopic (exact) mass is 406 g/mol. The summed E-state index contributed by atoms with van der Waals surface area (Å²) in [7, 11) is -3.38. The molecule has 0 aromatic heterocycles. The first-order chi connectivity index (χ1) is 12.7. The molecular weight excluding hydrogens is 380 g/mol. The van der Waals surface area contributed by atoms with Gasteiger partial charge in [0, 0.05) is 11.4 Å².